The van der Waals surface area contributed by atoms with Crippen LogP contribution in [0.1, 0.15) is 11.3 Å². The highest BCUT2D eigenvalue weighted by Gasteiger charge is 2.11. The van der Waals surface area contributed by atoms with Crippen LogP contribution in [0.15, 0.2) is 24.4 Å². The number of carboxylic acids is 1. The third-order valence-corrected chi connectivity index (χ3v) is 2.96. The zero-order chi connectivity index (χ0) is 13.3. The molecule has 18 heavy (non-hydrogen) atoms. The Morgan fingerprint density at radius 3 is 2.72 bits per heavy atom. The number of hydrogen-bond acceptors (Lipinski definition) is 2. The van der Waals surface area contributed by atoms with Crippen LogP contribution in [0.4, 0.5) is 0 Å². The van der Waals surface area contributed by atoms with E-state index in [0.717, 1.165) is 22.4 Å². The van der Waals surface area contributed by atoms with E-state index < -0.39 is 5.97 Å². The summed E-state index contributed by atoms with van der Waals surface area (Å²) in [5, 5.41) is 13.6. The van der Waals surface area contributed by atoms with Crippen molar-refractivity contribution in [2.75, 3.05) is 0 Å². The third-order valence-electron chi connectivity index (χ3n) is 2.72. The van der Waals surface area contributed by atoms with Crippen LogP contribution in [0.25, 0.3) is 11.1 Å². The second kappa shape index (κ2) is 4.82. The van der Waals surface area contributed by atoms with Gasteiger partial charge in [-0.2, -0.15) is 5.10 Å². The number of carbonyl (C=O) groups is 1. The van der Waals surface area contributed by atoms with Crippen LogP contribution in [0.2, 0.25) is 5.02 Å². The van der Waals surface area contributed by atoms with Gasteiger partial charge in [0.05, 0.1) is 5.69 Å². The van der Waals surface area contributed by atoms with E-state index in [9.17, 15) is 4.79 Å². The molecule has 0 fully saturated rings. The molecule has 94 valence electrons. The number of halogens is 1. The fourth-order valence-corrected chi connectivity index (χ4v) is 2.16. The molecule has 0 spiro atoms. The fraction of sp³-hybridized carbons (Fsp3) is 0.231. The Balaban J connectivity index is 2.44. The molecule has 5 heteroatoms. The lowest BCUT2D eigenvalue weighted by Gasteiger charge is -2.04. The summed E-state index contributed by atoms with van der Waals surface area (Å²) >= 11 is 5.92. The average molecular weight is 265 g/mol. The number of carboxylic acid groups (broad SMARTS) is 1. The first-order valence-corrected chi connectivity index (χ1v) is 5.87. The summed E-state index contributed by atoms with van der Waals surface area (Å²) in [5.74, 6) is -0.906. The predicted molar refractivity (Wildman–Crippen MR) is 69.8 cm³/mol. The van der Waals surface area contributed by atoms with Gasteiger partial charge in [-0.05, 0) is 37.1 Å². The SMILES string of the molecule is Cc1cc(Cl)ccc1-c1cn(CC(=O)O)nc1C. The number of aryl methyl sites for hydroxylation is 2. The van der Waals surface area contributed by atoms with Crippen LogP contribution in [0.3, 0.4) is 0 Å². The molecule has 4 nitrogen and oxygen atoms in total. The first-order valence-electron chi connectivity index (χ1n) is 5.50. The van der Waals surface area contributed by atoms with E-state index in [2.05, 4.69) is 5.10 Å². The normalized spacial score (nSPS) is 10.6. The second-order valence-corrected chi connectivity index (χ2v) is 4.62. The summed E-state index contributed by atoms with van der Waals surface area (Å²) in [6, 6.07) is 5.62. The van der Waals surface area contributed by atoms with E-state index in [4.69, 9.17) is 16.7 Å². The largest absolute Gasteiger partial charge is 0.480 e. The highest BCUT2D eigenvalue weighted by molar-refractivity contribution is 6.30. The summed E-state index contributed by atoms with van der Waals surface area (Å²) in [6.07, 6.45) is 1.75. The molecule has 1 aromatic carbocycles. The number of nitrogens with zero attached hydrogens (tertiary/aromatic N) is 2. The maximum absolute atomic E-state index is 10.7. The van der Waals surface area contributed by atoms with Crippen molar-refractivity contribution >= 4 is 17.6 Å². The van der Waals surface area contributed by atoms with Crippen LogP contribution in [-0.2, 0) is 11.3 Å². The highest BCUT2D eigenvalue weighted by atomic mass is 35.5. The Labute approximate surface area is 110 Å². The molecule has 1 aromatic heterocycles. The van der Waals surface area contributed by atoms with E-state index in [1.54, 1.807) is 6.20 Å². The molecule has 1 heterocycles. The molecule has 0 radical (unpaired) electrons. The standard InChI is InChI=1S/C13H13ClN2O2/c1-8-5-10(14)3-4-11(8)12-6-16(7-13(17)18)15-9(12)2/h3-6H,7H2,1-2H3,(H,17,18). The molecule has 0 aliphatic rings. The minimum atomic E-state index is -0.906. The summed E-state index contributed by atoms with van der Waals surface area (Å²) in [4.78, 5) is 10.7. The quantitative estimate of drug-likeness (QED) is 0.927. The highest BCUT2D eigenvalue weighted by Crippen LogP contribution is 2.27. The Hall–Kier alpha value is -1.81. The van der Waals surface area contributed by atoms with Gasteiger partial charge in [0.25, 0.3) is 0 Å². The average Bonchev–Trinajstić information content (AvgIpc) is 2.58. The minimum absolute atomic E-state index is 0.131. The Kier molecular flexibility index (Phi) is 3.39. The molecule has 0 atom stereocenters. The van der Waals surface area contributed by atoms with E-state index in [0.29, 0.717) is 5.02 Å². The summed E-state index contributed by atoms with van der Waals surface area (Å²) in [7, 11) is 0. The van der Waals surface area contributed by atoms with Crippen LogP contribution >= 0.6 is 11.6 Å². The lowest BCUT2D eigenvalue weighted by Crippen LogP contribution is -2.08. The van der Waals surface area contributed by atoms with Crippen LogP contribution in [0.5, 0.6) is 0 Å². The number of aliphatic carboxylic acids is 1. The molecule has 1 N–H and O–H groups in total. The maximum atomic E-state index is 10.7. The molecule has 0 amide bonds. The predicted octanol–water partition coefficient (Wildman–Crippen LogP) is 2.90. The zero-order valence-corrected chi connectivity index (χ0v) is 10.9. The number of benzene rings is 1. The van der Waals surface area contributed by atoms with Gasteiger partial charge in [-0.15, -0.1) is 0 Å². The maximum Gasteiger partial charge on any atom is 0.325 e. The fourth-order valence-electron chi connectivity index (χ4n) is 1.93. The first kappa shape index (κ1) is 12.6. The molecule has 0 saturated heterocycles. The van der Waals surface area contributed by atoms with Gasteiger partial charge in [-0.25, -0.2) is 0 Å². The van der Waals surface area contributed by atoms with Gasteiger partial charge in [0, 0.05) is 16.8 Å². The lowest BCUT2D eigenvalue weighted by molar-refractivity contribution is -0.137. The van der Waals surface area contributed by atoms with Crippen molar-refractivity contribution < 1.29 is 9.90 Å². The van der Waals surface area contributed by atoms with Gasteiger partial charge in [0.1, 0.15) is 6.54 Å². The second-order valence-electron chi connectivity index (χ2n) is 4.18. The van der Waals surface area contributed by atoms with E-state index in [-0.39, 0.29) is 6.54 Å². The number of hydrogen-bond donors (Lipinski definition) is 1. The van der Waals surface area contributed by atoms with Gasteiger partial charge in [0.15, 0.2) is 0 Å². The summed E-state index contributed by atoms with van der Waals surface area (Å²) in [5.41, 5.74) is 3.81. The molecule has 0 unspecified atom stereocenters. The summed E-state index contributed by atoms with van der Waals surface area (Å²) in [6.45, 7) is 3.70. The van der Waals surface area contributed by atoms with Gasteiger partial charge >= 0.3 is 5.97 Å². The van der Waals surface area contributed by atoms with E-state index in [1.165, 1.54) is 4.68 Å². The molecular formula is C13H13ClN2O2. The molecular weight excluding hydrogens is 252 g/mol. The number of aromatic nitrogens is 2. The van der Waals surface area contributed by atoms with Gasteiger partial charge in [-0.1, -0.05) is 17.7 Å². The van der Waals surface area contributed by atoms with Crippen molar-refractivity contribution in [3.8, 4) is 11.1 Å². The van der Waals surface area contributed by atoms with E-state index in [1.807, 2.05) is 32.0 Å². The van der Waals surface area contributed by atoms with Crippen molar-refractivity contribution in [3.05, 3.63) is 40.7 Å². The minimum Gasteiger partial charge on any atom is -0.480 e. The van der Waals surface area contributed by atoms with Crippen LogP contribution in [-0.4, -0.2) is 20.9 Å². The van der Waals surface area contributed by atoms with Crippen molar-refractivity contribution in [2.24, 2.45) is 0 Å². The third kappa shape index (κ3) is 2.54. The van der Waals surface area contributed by atoms with Gasteiger partial charge in [-0.3, -0.25) is 9.48 Å². The zero-order valence-electron chi connectivity index (χ0n) is 10.1. The summed E-state index contributed by atoms with van der Waals surface area (Å²) < 4.78 is 1.43. The van der Waals surface area contributed by atoms with Crippen LogP contribution in [0, 0.1) is 13.8 Å². The molecule has 0 aliphatic carbocycles. The van der Waals surface area contributed by atoms with Crippen molar-refractivity contribution in [2.45, 2.75) is 20.4 Å². The van der Waals surface area contributed by atoms with Gasteiger partial charge < -0.3 is 5.11 Å². The van der Waals surface area contributed by atoms with Crippen molar-refractivity contribution in [3.63, 3.8) is 0 Å². The van der Waals surface area contributed by atoms with Crippen LogP contribution < -0.4 is 0 Å². The van der Waals surface area contributed by atoms with Crippen molar-refractivity contribution in [1.29, 1.82) is 0 Å². The Bertz CT molecular complexity index is 605. The monoisotopic (exact) mass is 264 g/mol. The lowest BCUT2D eigenvalue weighted by atomic mass is 10.0. The number of rotatable bonds is 3. The Morgan fingerprint density at radius 1 is 1.39 bits per heavy atom. The molecule has 0 bridgehead atoms. The first-order chi connectivity index (χ1) is 8.47. The topological polar surface area (TPSA) is 55.1 Å². The Morgan fingerprint density at radius 2 is 2.11 bits per heavy atom. The molecule has 2 aromatic rings. The van der Waals surface area contributed by atoms with Crippen molar-refractivity contribution in [1.82, 2.24) is 9.78 Å². The molecule has 0 aliphatic heterocycles. The molecule has 2 rings (SSSR count). The smallest absolute Gasteiger partial charge is 0.325 e. The van der Waals surface area contributed by atoms with E-state index >= 15 is 0 Å². The molecule has 0 saturated carbocycles. The van der Waals surface area contributed by atoms with Gasteiger partial charge in [0.2, 0.25) is 0 Å².